The molecule has 24 heavy (non-hydrogen) atoms. The topological polar surface area (TPSA) is 52.7 Å². The molecular weight excluding hydrogens is 322 g/mol. The van der Waals surface area contributed by atoms with E-state index < -0.39 is 0 Å². The summed E-state index contributed by atoms with van der Waals surface area (Å²) in [5, 5.41) is 2.94. The molecule has 1 N–H and O–H groups in total. The molecule has 2 saturated heterocycles. The van der Waals surface area contributed by atoms with Gasteiger partial charge in [-0.05, 0) is 31.2 Å². The highest BCUT2D eigenvalue weighted by molar-refractivity contribution is 7.98. The maximum Gasteiger partial charge on any atom is 0.255 e. The molecule has 0 saturated carbocycles. The quantitative estimate of drug-likeness (QED) is 0.848. The molecule has 5 nitrogen and oxygen atoms in total. The molecule has 3 rings (SSSR count). The molecule has 0 unspecified atom stereocenters. The van der Waals surface area contributed by atoms with E-state index in [1.165, 1.54) is 0 Å². The van der Waals surface area contributed by atoms with Gasteiger partial charge >= 0.3 is 0 Å². The predicted molar refractivity (Wildman–Crippen MR) is 96.3 cm³/mol. The summed E-state index contributed by atoms with van der Waals surface area (Å²) in [7, 11) is 0. The molecule has 1 atom stereocenters. The third kappa shape index (κ3) is 3.92. The fourth-order valence-electron chi connectivity index (χ4n) is 3.56. The first-order valence-electron chi connectivity index (χ1n) is 8.62. The van der Waals surface area contributed by atoms with Crippen molar-refractivity contribution in [2.24, 2.45) is 0 Å². The van der Waals surface area contributed by atoms with Crippen molar-refractivity contribution in [3.63, 3.8) is 0 Å². The average molecular weight is 347 g/mol. The second-order valence-corrected chi connectivity index (χ2v) is 7.21. The number of thioether (sulfide) groups is 1. The Morgan fingerprint density at radius 1 is 1.17 bits per heavy atom. The molecule has 2 amide bonds. The van der Waals surface area contributed by atoms with Crippen molar-refractivity contribution in [1.29, 1.82) is 0 Å². The molecule has 6 heteroatoms. The van der Waals surface area contributed by atoms with Gasteiger partial charge in [-0.3, -0.25) is 14.5 Å². The Labute approximate surface area is 147 Å². The molecule has 2 fully saturated rings. The number of carbonyl (C=O) groups is 2. The minimum absolute atomic E-state index is 0.136. The standard InChI is InChI=1S/C18H25N3O2S/c1-24-16-5-3-2-4-15(16)18(23)21-12-10-20(11-13-21)14-6-7-17(22)19-9-8-14/h2-5,14H,6-13H2,1H3,(H,19,22)/t14-/m0/s1. The van der Waals surface area contributed by atoms with Gasteiger partial charge in [0.25, 0.3) is 5.91 Å². The van der Waals surface area contributed by atoms with E-state index in [1.54, 1.807) is 11.8 Å². The minimum atomic E-state index is 0.136. The molecule has 0 bridgehead atoms. The van der Waals surface area contributed by atoms with E-state index >= 15 is 0 Å². The first kappa shape index (κ1) is 17.3. The van der Waals surface area contributed by atoms with Crippen LogP contribution in [0.4, 0.5) is 0 Å². The monoisotopic (exact) mass is 347 g/mol. The van der Waals surface area contributed by atoms with Crippen molar-refractivity contribution in [3.8, 4) is 0 Å². The van der Waals surface area contributed by atoms with Gasteiger partial charge in [0.15, 0.2) is 0 Å². The third-order valence-electron chi connectivity index (χ3n) is 4.96. The van der Waals surface area contributed by atoms with E-state index in [-0.39, 0.29) is 11.8 Å². The summed E-state index contributed by atoms with van der Waals surface area (Å²) in [6.07, 6.45) is 4.56. The number of amides is 2. The average Bonchev–Trinajstić information content (AvgIpc) is 2.86. The van der Waals surface area contributed by atoms with Crippen LogP contribution in [0.3, 0.4) is 0 Å². The number of benzene rings is 1. The Balaban J connectivity index is 1.58. The van der Waals surface area contributed by atoms with Crippen LogP contribution >= 0.6 is 11.8 Å². The van der Waals surface area contributed by atoms with Gasteiger partial charge in [0, 0.05) is 50.1 Å². The maximum absolute atomic E-state index is 12.8. The van der Waals surface area contributed by atoms with E-state index in [0.29, 0.717) is 12.5 Å². The second-order valence-electron chi connectivity index (χ2n) is 6.36. The van der Waals surface area contributed by atoms with E-state index in [2.05, 4.69) is 10.2 Å². The molecule has 2 aliphatic rings. The highest BCUT2D eigenvalue weighted by atomic mass is 32.2. The zero-order chi connectivity index (χ0) is 16.9. The number of rotatable bonds is 3. The van der Waals surface area contributed by atoms with Gasteiger partial charge in [0.05, 0.1) is 5.56 Å². The lowest BCUT2D eigenvalue weighted by Gasteiger charge is -2.39. The van der Waals surface area contributed by atoms with Crippen LogP contribution in [0, 0.1) is 0 Å². The summed E-state index contributed by atoms with van der Waals surface area (Å²) in [6.45, 7) is 4.08. The number of nitrogens with one attached hydrogen (secondary N) is 1. The van der Waals surface area contributed by atoms with Crippen molar-refractivity contribution in [1.82, 2.24) is 15.1 Å². The number of nitrogens with zero attached hydrogens (tertiary/aromatic N) is 2. The van der Waals surface area contributed by atoms with Gasteiger partial charge in [0.1, 0.15) is 0 Å². The Hall–Kier alpha value is -1.53. The van der Waals surface area contributed by atoms with Crippen LogP contribution in [0.1, 0.15) is 29.6 Å². The fraction of sp³-hybridized carbons (Fsp3) is 0.556. The van der Waals surface area contributed by atoms with Gasteiger partial charge < -0.3 is 10.2 Å². The second kappa shape index (κ2) is 8.03. The van der Waals surface area contributed by atoms with Crippen molar-refractivity contribution in [3.05, 3.63) is 29.8 Å². The Morgan fingerprint density at radius 3 is 2.67 bits per heavy atom. The Kier molecular flexibility index (Phi) is 5.79. The van der Waals surface area contributed by atoms with Crippen molar-refractivity contribution < 1.29 is 9.59 Å². The van der Waals surface area contributed by atoms with Crippen LogP contribution in [0.25, 0.3) is 0 Å². The summed E-state index contributed by atoms with van der Waals surface area (Å²) in [6, 6.07) is 8.28. The fourth-order valence-corrected chi connectivity index (χ4v) is 4.15. The lowest BCUT2D eigenvalue weighted by molar-refractivity contribution is -0.120. The zero-order valence-corrected chi connectivity index (χ0v) is 15.0. The molecule has 0 aromatic heterocycles. The number of hydrogen-bond donors (Lipinski definition) is 1. The minimum Gasteiger partial charge on any atom is -0.356 e. The van der Waals surface area contributed by atoms with Crippen LogP contribution in [-0.2, 0) is 4.79 Å². The molecule has 0 aliphatic carbocycles. The maximum atomic E-state index is 12.8. The summed E-state index contributed by atoms with van der Waals surface area (Å²) < 4.78 is 0. The molecular formula is C18H25N3O2S. The Morgan fingerprint density at radius 2 is 1.92 bits per heavy atom. The van der Waals surface area contributed by atoms with Gasteiger partial charge in [0.2, 0.25) is 5.91 Å². The number of piperazine rings is 1. The highest BCUT2D eigenvalue weighted by Gasteiger charge is 2.28. The normalized spacial score (nSPS) is 22.8. The smallest absolute Gasteiger partial charge is 0.255 e. The molecule has 0 spiro atoms. The molecule has 2 aliphatic heterocycles. The van der Waals surface area contributed by atoms with E-state index in [0.717, 1.165) is 56.0 Å². The molecule has 2 heterocycles. The summed E-state index contributed by atoms with van der Waals surface area (Å²) in [5.41, 5.74) is 0.808. The van der Waals surface area contributed by atoms with Crippen LogP contribution < -0.4 is 5.32 Å². The largest absolute Gasteiger partial charge is 0.356 e. The summed E-state index contributed by atoms with van der Waals surface area (Å²) in [5.74, 6) is 0.303. The van der Waals surface area contributed by atoms with Gasteiger partial charge in [-0.25, -0.2) is 0 Å². The lowest BCUT2D eigenvalue weighted by Crippen LogP contribution is -2.52. The van der Waals surface area contributed by atoms with E-state index in [1.807, 2.05) is 35.4 Å². The third-order valence-corrected chi connectivity index (χ3v) is 5.76. The number of hydrogen-bond acceptors (Lipinski definition) is 4. The van der Waals surface area contributed by atoms with Gasteiger partial charge in [-0.2, -0.15) is 0 Å². The molecule has 1 aromatic carbocycles. The van der Waals surface area contributed by atoms with Crippen molar-refractivity contribution in [2.45, 2.75) is 30.2 Å². The van der Waals surface area contributed by atoms with Crippen molar-refractivity contribution >= 4 is 23.6 Å². The SMILES string of the molecule is CSc1ccccc1C(=O)N1CCN([C@@H]2CCNC(=O)CC2)CC1. The van der Waals surface area contributed by atoms with E-state index in [9.17, 15) is 9.59 Å². The van der Waals surface area contributed by atoms with Gasteiger partial charge in [-0.15, -0.1) is 11.8 Å². The van der Waals surface area contributed by atoms with Crippen LogP contribution in [-0.4, -0.2) is 66.6 Å². The van der Waals surface area contributed by atoms with Crippen molar-refractivity contribution in [2.75, 3.05) is 39.0 Å². The summed E-state index contributed by atoms with van der Waals surface area (Å²) in [4.78, 5) is 29.7. The lowest BCUT2D eigenvalue weighted by atomic mass is 10.1. The first-order valence-corrected chi connectivity index (χ1v) is 9.84. The molecule has 0 radical (unpaired) electrons. The van der Waals surface area contributed by atoms with Crippen LogP contribution in [0.15, 0.2) is 29.2 Å². The Bertz CT molecular complexity index is 600. The van der Waals surface area contributed by atoms with E-state index in [4.69, 9.17) is 0 Å². The number of carbonyl (C=O) groups excluding carboxylic acids is 2. The molecule has 1 aromatic rings. The highest BCUT2D eigenvalue weighted by Crippen LogP contribution is 2.23. The predicted octanol–water partition coefficient (Wildman–Crippen LogP) is 1.84. The van der Waals surface area contributed by atoms with Crippen LogP contribution in [0.5, 0.6) is 0 Å². The first-order chi connectivity index (χ1) is 11.7. The van der Waals surface area contributed by atoms with Gasteiger partial charge in [-0.1, -0.05) is 12.1 Å². The van der Waals surface area contributed by atoms with Crippen LogP contribution in [0.2, 0.25) is 0 Å². The zero-order valence-electron chi connectivity index (χ0n) is 14.2. The molecule has 130 valence electrons. The summed E-state index contributed by atoms with van der Waals surface area (Å²) >= 11 is 1.62.